The summed E-state index contributed by atoms with van der Waals surface area (Å²) in [5.74, 6) is -0.136. The van der Waals surface area contributed by atoms with Crippen molar-refractivity contribution in [3.05, 3.63) is 107 Å². The first-order valence-electron chi connectivity index (χ1n) is 9.00. The molecule has 0 saturated carbocycles. The summed E-state index contributed by atoms with van der Waals surface area (Å²) in [7, 11) is 0. The Balaban J connectivity index is 1.75. The molecule has 0 atom stereocenters. The van der Waals surface area contributed by atoms with E-state index in [0.29, 0.717) is 5.69 Å². The van der Waals surface area contributed by atoms with E-state index in [9.17, 15) is 4.79 Å². The molecule has 0 unspecified atom stereocenters. The number of amides is 1. The standard InChI is InChI=1S/C23H21N3O/c1-16-10-9-15-26-21(17(2)24-22(16)26)23(27)25-20(18-11-5-3-6-12-18)19-13-7-4-8-14-19/h3-15,20H,1-2H3,(H,25,27). The Morgan fingerprint density at radius 3 is 2.07 bits per heavy atom. The Morgan fingerprint density at radius 2 is 1.48 bits per heavy atom. The molecule has 0 aliphatic carbocycles. The summed E-state index contributed by atoms with van der Waals surface area (Å²) in [4.78, 5) is 17.8. The first kappa shape index (κ1) is 17.0. The first-order valence-corrected chi connectivity index (χ1v) is 9.00. The van der Waals surface area contributed by atoms with Gasteiger partial charge in [0, 0.05) is 6.20 Å². The van der Waals surface area contributed by atoms with Crippen LogP contribution < -0.4 is 5.32 Å². The van der Waals surface area contributed by atoms with Gasteiger partial charge in [0.2, 0.25) is 0 Å². The van der Waals surface area contributed by atoms with E-state index in [1.807, 2.05) is 97.2 Å². The minimum atomic E-state index is -0.227. The molecule has 4 rings (SSSR count). The normalized spacial score (nSPS) is 11.1. The lowest BCUT2D eigenvalue weighted by atomic mass is 9.98. The van der Waals surface area contributed by atoms with Crippen molar-refractivity contribution in [1.82, 2.24) is 14.7 Å². The topological polar surface area (TPSA) is 46.4 Å². The van der Waals surface area contributed by atoms with E-state index >= 15 is 0 Å². The van der Waals surface area contributed by atoms with Gasteiger partial charge in [0.15, 0.2) is 0 Å². The van der Waals surface area contributed by atoms with Crippen molar-refractivity contribution in [3.63, 3.8) is 0 Å². The van der Waals surface area contributed by atoms with Gasteiger partial charge in [-0.2, -0.15) is 0 Å². The Morgan fingerprint density at radius 1 is 0.889 bits per heavy atom. The average Bonchev–Trinajstić information content (AvgIpc) is 3.05. The third kappa shape index (κ3) is 3.22. The molecule has 27 heavy (non-hydrogen) atoms. The lowest BCUT2D eigenvalue weighted by Crippen LogP contribution is -2.30. The number of rotatable bonds is 4. The summed E-state index contributed by atoms with van der Waals surface area (Å²) in [6.45, 7) is 3.88. The molecule has 0 spiro atoms. The van der Waals surface area contributed by atoms with Crippen molar-refractivity contribution >= 4 is 11.6 Å². The molecule has 4 heteroatoms. The first-order chi connectivity index (χ1) is 13.1. The largest absolute Gasteiger partial charge is 0.340 e. The minimum absolute atomic E-state index is 0.136. The number of fused-ring (bicyclic) bond motifs is 1. The van der Waals surface area contributed by atoms with Crippen LogP contribution in [0.4, 0.5) is 0 Å². The van der Waals surface area contributed by atoms with Crippen molar-refractivity contribution in [2.45, 2.75) is 19.9 Å². The molecule has 0 radical (unpaired) electrons. The highest BCUT2D eigenvalue weighted by atomic mass is 16.2. The summed E-state index contributed by atoms with van der Waals surface area (Å²) < 4.78 is 1.87. The average molecular weight is 355 g/mol. The maximum Gasteiger partial charge on any atom is 0.270 e. The van der Waals surface area contributed by atoms with Gasteiger partial charge in [0.25, 0.3) is 5.91 Å². The molecule has 4 aromatic rings. The zero-order valence-electron chi connectivity index (χ0n) is 15.4. The quantitative estimate of drug-likeness (QED) is 0.587. The fourth-order valence-corrected chi connectivity index (χ4v) is 3.44. The Kier molecular flexibility index (Phi) is 4.47. The van der Waals surface area contributed by atoms with Crippen molar-refractivity contribution in [2.24, 2.45) is 0 Å². The fourth-order valence-electron chi connectivity index (χ4n) is 3.44. The van der Waals surface area contributed by atoms with Gasteiger partial charge in [0.05, 0.1) is 11.7 Å². The summed E-state index contributed by atoms with van der Waals surface area (Å²) >= 11 is 0. The lowest BCUT2D eigenvalue weighted by molar-refractivity contribution is 0.0936. The summed E-state index contributed by atoms with van der Waals surface area (Å²) in [6.07, 6.45) is 1.89. The Bertz CT molecular complexity index is 1050. The number of benzene rings is 2. The maximum absolute atomic E-state index is 13.2. The summed E-state index contributed by atoms with van der Waals surface area (Å²) in [5, 5.41) is 3.20. The highest BCUT2D eigenvalue weighted by Gasteiger charge is 2.22. The molecular weight excluding hydrogens is 334 g/mol. The van der Waals surface area contributed by atoms with E-state index in [4.69, 9.17) is 0 Å². The SMILES string of the molecule is Cc1nc2c(C)cccn2c1C(=O)NC(c1ccccc1)c1ccccc1. The molecule has 0 aliphatic rings. The summed E-state index contributed by atoms with van der Waals surface area (Å²) in [6, 6.07) is 23.7. The van der Waals surface area contributed by atoms with E-state index < -0.39 is 0 Å². The third-order valence-electron chi connectivity index (χ3n) is 4.78. The number of nitrogens with one attached hydrogen (secondary N) is 1. The molecule has 1 N–H and O–H groups in total. The van der Waals surface area contributed by atoms with Crippen LogP contribution in [-0.4, -0.2) is 15.3 Å². The molecule has 1 amide bonds. The van der Waals surface area contributed by atoms with Gasteiger partial charge in [0.1, 0.15) is 11.3 Å². The van der Waals surface area contributed by atoms with Gasteiger partial charge < -0.3 is 5.32 Å². The molecule has 2 heterocycles. The molecule has 0 aliphatic heterocycles. The number of hydrogen-bond donors (Lipinski definition) is 1. The zero-order valence-corrected chi connectivity index (χ0v) is 15.4. The summed E-state index contributed by atoms with van der Waals surface area (Å²) in [5.41, 5.74) is 5.24. The van der Waals surface area contributed by atoms with Crippen LogP contribution in [0.1, 0.15) is 38.9 Å². The Hall–Kier alpha value is -3.40. The molecule has 0 saturated heterocycles. The van der Waals surface area contributed by atoms with Crippen molar-refractivity contribution < 1.29 is 4.79 Å². The van der Waals surface area contributed by atoms with E-state index in [2.05, 4.69) is 10.3 Å². The second kappa shape index (κ2) is 7.08. The second-order valence-electron chi connectivity index (χ2n) is 6.66. The molecule has 0 fully saturated rings. The van der Waals surface area contributed by atoms with Crippen LogP contribution in [0.5, 0.6) is 0 Å². The number of carbonyl (C=O) groups excluding carboxylic acids is 1. The smallest absolute Gasteiger partial charge is 0.270 e. The van der Waals surface area contributed by atoms with Gasteiger partial charge in [-0.25, -0.2) is 4.98 Å². The van der Waals surface area contributed by atoms with Crippen LogP contribution in [0.25, 0.3) is 5.65 Å². The third-order valence-corrected chi connectivity index (χ3v) is 4.78. The van der Waals surface area contributed by atoms with Gasteiger partial charge >= 0.3 is 0 Å². The van der Waals surface area contributed by atoms with E-state index in [0.717, 1.165) is 28.0 Å². The van der Waals surface area contributed by atoms with E-state index in [-0.39, 0.29) is 11.9 Å². The predicted molar refractivity (Wildman–Crippen MR) is 107 cm³/mol. The van der Waals surface area contributed by atoms with Crippen LogP contribution in [0.15, 0.2) is 79.0 Å². The van der Waals surface area contributed by atoms with Crippen molar-refractivity contribution in [2.75, 3.05) is 0 Å². The van der Waals surface area contributed by atoms with Crippen molar-refractivity contribution in [3.8, 4) is 0 Å². The Labute approximate surface area is 158 Å². The lowest BCUT2D eigenvalue weighted by Gasteiger charge is -2.20. The molecule has 2 aromatic carbocycles. The number of carbonyl (C=O) groups is 1. The fraction of sp³-hybridized carbons (Fsp3) is 0.130. The number of aryl methyl sites for hydroxylation is 2. The van der Waals surface area contributed by atoms with Crippen LogP contribution in [0, 0.1) is 13.8 Å². The number of nitrogens with zero attached hydrogens (tertiary/aromatic N) is 2. The maximum atomic E-state index is 13.2. The van der Waals surface area contributed by atoms with Gasteiger partial charge in [-0.1, -0.05) is 66.7 Å². The van der Waals surface area contributed by atoms with Crippen LogP contribution >= 0.6 is 0 Å². The molecule has 4 nitrogen and oxygen atoms in total. The number of imidazole rings is 1. The van der Waals surface area contributed by atoms with Gasteiger partial charge in [-0.3, -0.25) is 9.20 Å². The van der Waals surface area contributed by atoms with Crippen molar-refractivity contribution in [1.29, 1.82) is 0 Å². The molecule has 2 aromatic heterocycles. The van der Waals surface area contributed by atoms with E-state index in [1.54, 1.807) is 0 Å². The molecular formula is C23H21N3O. The predicted octanol–water partition coefficient (Wildman–Crippen LogP) is 4.47. The monoisotopic (exact) mass is 355 g/mol. The molecule has 0 bridgehead atoms. The highest BCUT2D eigenvalue weighted by Crippen LogP contribution is 2.23. The molecule has 134 valence electrons. The van der Waals surface area contributed by atoms with E-state index in [1.165, 1.54) is 0 Å². The second-order valence-corrected chi connectivity index (χ2v) is 6.66. The number of hydrogen-bond acceptors (Lipinski definition) is 2. The van der Waals surface area contributed by atoms with Gasteiger partial charge in [-0.15, -0.1) is 0 Å². The minimum Gasteiger partial charge on any atom is -0.340 e. The van der Waals surface area contributed by atoms with Gasteiger partial charge in [-0.05, 0) is 36.6 Å². The number of pyridine rings is 1. The van der Waals surface area contributed by atoms with Crippen LogP contribution in [0.3, 0.4) is 0 Å². The zero-order chi connectivity index (χ0) is 18.8. The van der Waals surface area contributed by atoms with Crippen LogP contribution in [-0.2, 0) is 0 Å². The number of aromatic nitrogens is 2. The highest BCUT2D eigenvalue weighted by molar-refractivity contribution is 5.95. The van der Waals surface area contributed by atoms with Crippen LogP contribution in [0.2, 0.25) is 0 Å².